The predicted octanol–water partition coefficient (Wildman–Crippen LogP) is 5.88. The lowest BCUT2D eigenvalue weighted by molar-refractivity contribution is 1.36. The maximum Gasteiger partial charge on any atom is 0.0791 e. The minimum atomic E-state index is 1.19. The molecule has 0 bridgehead atoms. The van der Waals surface area contributed by atoms with Crippen molar-refractivity contribution in [2.75, 3.05) is 0 Å². The second kappa shape index (κ2) is 4.18. The maximum atomic E-state index is 3.58. The van der Waals surface area contributed by atoms with Crippen LogP contribution in [0.15, 0.2) is 78.9 Å². The Hall–Kier alpha value is -3.26. The number of benzene rings is 3. The highest BCUT2D eigenvalue weighted by Gasteiger charge is 2.14. The highest BCUT2D eigenvalue weighted by atomic mass is 14.9. The Labute approximate surface area is 137 Å². The summed E-state index contributed by atoms with van der Waals surface area (Å²) in [6, 6.07) is 28.2. The Bertz CT molecular complexity index is 1360. The Balaban J connectivity index is 2.04. The van der Waals surface area contributed by atoms with Crippen LogP contribution < -0.4 is 0 Å². The molecule has 3 heterocycles. The first-order valence-corrected chi connectivity index (χ1v) is 8.23. The van der Waals surface area contributed by atoms with Gasteiger partial charge in [-0.25, -0.2) is 0 Å². The SMILES string of the molecule is c1ccc2c(c1)[nH]c1cc3c4ccccc4c4ccccc4n3c12. The fourth-order valence-electron chi connectivity index (χ4n) is 4.10. The molecule has 112 valence electrons. The van der Waals surface area contributed by atoms with Crippen LogP contribution in [0.3, 0.4) is 0 Å². The van der Waals surface area contributed by atoms with Gasteiger partial charge in [0.15, 0.2) is 0 Å². The molecule has 0 atom stereocenters. The molecule has 0 aliphatic rings. The number of aromatic nitrogens is 2. The van der Waals surface area contributed by atoms with Crippen molar-refractivity contribution in [1.29, 1.82) is 0 Å². The molecular weight excluding hydrogens is 292 g/mol. The van der Waals surface area contributed by atoms with Crippen molar-refractivity contribution in [2.24, 2.45) is 0 Å². The minimum Gasteiger partial charge on any atom is -0.353 e. The molecule has 0 unspecified atom stereocenters. The van der Waals surface area contributed by atoms with E-state index in [9.17, 15) is 0 Å². The standard InChI is InChI=1S/C22H14N2/c1-2-9-16-14(7-1)15-8-4-6-12-20(15)24-21(16)13-19-22(24)17-10-3-5-11-18(17)23-19/h1-13,23H. The number of H-pyrrole nitrogens is 1. The van der Waals surface area contributed by atoms with Crippen LogP contribution >= 0.6 is 0 Å². The Morgan fingerprint density at radius 1 is 0.542 bits per heavy atom. The van der Waals surface area contributed by atoms with Gasteiger partial charge in [0.05, 0.1) is 22.1 Å². The molecule has 3 aromatic heterocycles. The van der Waals surface area contributed by atoms with E-state index in [1.807, 2.05) is 0 Å². The zero-order chi connectivity index (χ0) is 15.7. The van der Waals surface area contributed by atoms with Crippen molar-refractivity contribution in [3.05, 3.63) is 78.9 Å². The number of rotatable bonds is 0. The maximum absolute atomic E-state index is 3.58. The summed E-state index contributed by atoms with van der Waals surface area (Å²) in [5.74, 6) is 0. The monoisotopic (exact) mass is 306 g/mol. The van der Waals surface area contributed by atoms with E-state index in [4.69, 9.17) is 0 Å². The molecule has 0 radical (unpaired) electrons. The summed E-state index contributed by atoms with van der Waals surface area (Å²) < 4.78 is 2.41. The number of hydrogen-bond acceptors (Lipinski definition) is 0. The Kier molecular flexibility index (Phi) is 2.12. The third kappa shape index (κ3) is 1.36. The van der Waals surface area contributed by atoms with E-state index in [0.29, 0.717) is 0 Å². The van der Waals surface area contributed by atoms with Crippen LogP contribution in [0.2, 0.25) is 0 Å². The summed E-state index contributed by atoms with van der Waals surface area (Å²) in [4.78, 5) is 3.58. The number of nitrogens with one attached hydrogen (secondary N) is 1. The molecule has 0 spiro atoms. The molecule has 2 heteroatoms. The van der Waals surface area contributed by atoms with E-state index in [0.717, 1.165) is 0 Å². The van der Waals surface area contributed by atoms with Gasteiger partial charge in [0.1, 0.15) is 0 Å². The van der Waals surface area contributed by atoms with Gasteiger partial charge in [0.25, 0.3) is 0 Å². The molecule has 0 saturated carbocycles. The lowest BCUT2D eigenvalue weighted by Crippen LogP contribution is -1.90. The average Bonchev–Trinajstić information content (AvgIpc) is 3.18. The first-order chi connectivity index (χ1) is 11.9. The van der Waals surface area contributed by atoms with Crippen molar-refractivity contribution in [3.63, 3.8) is 0 Å². The number of aromatic amines is 1. The van der Waals surface area contributed by atoms with Gasteiger partial charge in [-0.2, -0.15) is 0 Å². The van der Waals surface area contributed by atoms with Crippen molar-refractivity contribution in [3.8, 4) is 0 Å². The molecule has 0 amide bonds. The van der Waals surface area contributed by atoms with E-state index < -0.39 is 0 Å². The fourth-order valence-corrected chi connectivity index (χ4v) is 4.10. The summed E-state index contributed by atoms with van der Waals surface area (Å²) in [7, 11) is 0. The zero-order valence-electron chi connectivity index (χ0n) is 13.0. The zero-order valence-corrected chi connectivity index (χ0v) is 13.0. The molecule has 6 rings (SSSR count). The fraction of sp³-hybridized carbons (Fsp3) is 0. The van der Waals surface area contributed by atoms with E-state index >= 15 is 0 Å². The molecule has 0 saturated heterocycles. The highest BCUT2D eigenvalue weighted by molar-refractivity contribution is 6.18. The molecular formula is C22H14N2. The first-order valence-electron chi connectivity index (χ1n) is 8.23. The summed E-state index contributed by atoms with van der Waals surface area (Å²) in [6.07, 6.45) is 0. The quantitative estimate of drug-likeness (QED) is 0.338. The van der Waals surface area contributed by atoms with Crippen LogP contribution in [0.4, 0.5) is 0 Å². The van der Waals surface area contributed by atoms with E-state index in [1.54, 1.807) is 0 Å². The van der Waals surface area contributed by atoms with Crippen LogP contribution in [0.1, 0.15) is 0 Å². The van der Waals surface area contributed by atoms with Crippen LogP contribution in [0.5, 0.6) is 0 Å². The average molecular weight is 306 g/mol. The van der Waals surface area contributed by atoms with Gasteiger partial charge in [0.2, 0.25) is 0 Å². The van der Waals surface area contributed by atoms with Crippen LogP contribution in [-0.4, -0.2) is 9.38 Å². The summed E-state index contributed by atoms with van der Waals surface area (Å²) in [5, 5.41) is 5.17. The Morgan fingerprint density at radius 2 is 1.17 bits per heavy atom. The van der Waals surface area contributed by atoms with Crippen LogP contribution in [0.25, 0.3) is 49.1 Å². The predicted molar refractivity (Wildman–Crippen MR) is 102 cm³/mol. The van der Waals surface area contributed by atoms with Gasteiger partial charge in [-0.05, 0) is 23.6 Å². The van der Waals surface area contributed by atoms with Gasteiger partial charge >= 0.3 is 0 Å². The first kappa shape index (κ1) is 12.2. The molecule has 3 aromatic carbocycles. The minimum absolute atomic E-state index is 1.19. The second-order valence-corrected chi connectivity index (χ2v) is 6.36. The molecule has 0 fully saturated rings. The second-order valence-electron chi connectivity index (χ2n) is 6.36. The molecule has 24 heavy (non-hydrogen) atoms. The number of nitrogens with zero attached hydrogens (tertiary/aromatic N) is 1. The molecule has 1 N–H and O–H groups in total. The van der Waals surface area contributed by atoms with E-state index in [-0.39, 0.29) is 0 Å². The van der Waals surface area contributed by atoms with Crippen molar-refractivity contribution >= 4 is 49.1 Å². The van der Waals surface area contributed by atoms with Crippen LogP contribution in [0, 0.1) is 0 Å². The lowest BCUT2D eigenvalue weighted by Gasteiger charge is -2.09. The van der Waals surface area contributed by atoms with Crippen molar-refractivity contribution in [2.45, 2.75) is 0 Å². The third-order valence-electron chi connectivity index (χ3n) is 5.09. The number of fused-ring (bicyclic) bond motifs is 10. The molecule has 0 aliphatic carbocycles. The van der Waals surface area contributed by atoms with Gasteiger partial charge in [-0.3, -0.25) is 0 Å². The number of hydrogen-bond donors (Lipinski definition) is 1. The largest absolute Gasteiger partial charge is 0.353 e. The normalized spacial score (nSPS) is 12.2. The van der Waals surface area contributed by atoms with Crippen LogP contribution in [-0.2, 0) is 0 Å². The lowest BCUT2D eigenvalue weighted by atomic mass is 10.1. The van der Waals surface area contributed by atoms with E-state index in [1.165, 1.54) is 49.1 Å². The van der Waals surface area contributed by atoms with Crippen molar-refractivity contribution < 1.29 is 0 Å². The van der Waals surface area contributed by atoms with E-state index in [2.05, 4.69) is 88.2 Å². The topological polar surface area (TPSA) is 20.2 Å². The third-order valence-corrected chi connectivity index (χ3v) is 5.09. The van der Waals surface area contributed by atoms with Gasteiger partial charge in [-0.15, -0.1) is 0 Å². The number of pyridine rings is 1. The summed E-state index contributed by atoms with van der Waals surface area (Å²) >= 11 is 0. The Morgan fingerprint density at radius 3 is 2.00 bits per heavy atom. The van der Waals surface area contributed by atoms with Gasteiger partial charge in [-0.1, -0.05) is 60.7 Å². The highest BCUT2D eigenvalue weighted by Crippen LogP contribution is 2.36. The van der Waals surface area contributed by atoms with Gasteiger partial charge in [0, 0.05) is 21.7 Å². The molecule has 6 aromatic rings. The summed E-state index contributed by atoms with van der Waals surface area (Å²) in [6.45, 7) is 0. The smallest absolute Gasteiger partial charge is 0.0791 e. The molecule has 2 nitrogen and oxygen atoms in total. The summed E-state index contributed by atoms with van der Waals surface area (Å²) in [5.41, 5.74) is 6.16. The number of para-hydroxylation sites is 2. The van der Waals surface area contributed by atoms with Gasteiger partial charge < -0.3 is 9.38 Å². The van der Waals surface area contributed by atoms with Crippen molar-refractivity contribution in [1.82, 2.24) is 9.38 Å². The molecule has 0 aliphatic heterocycles.